The van der Waals surface area contributed by atoms with Crippen LogP contribution in [0.15, 0.2) is 5.38 Å². The molecule has 2 aromatic rings. The zero-order valence-corrected chi connectivity index (χ0v) is 13.5. The molecule has 0 spiro atoms. The fourth-order valence-electron chi connectivity index (χ4n) is 3.13. The number of nitrogens with one attached hydrogen (secondary N) is 1. The summed E-state index contributed by atoms with van der Waals surface area (Å²) in [7, 11) is 1.98. The molecule has 5 nitrogen and oxygen atoms in total. The molecule has 3 rings (SSSR count). The maximum Gasteiger partial charge on any atom is 0.226 e. The molecule has 112 valence electrons. The second kappa shape index (κ2) is 5.60. The minimum atomic E-state index is 0.0430. The van der Waals surface area contributed by atoms with Crippen molar-refractivity contribution in [3.8, 4) is 0 Å². The molecule has 2 heterocycles. The summed E-state index contributed by atoms with van der Waals surface area (Å²) in [6.07, 6.45) is 3.48. The van der Waals surface area contributed by atoms with E-state index in [0.717, 1.165) is 35.7 Å². The van der Waals surface area contributed by atoms with Crippen LogP contribution in [-0.4, -0.2) is 20.7 Å². The highest BCUT2D eigenvalue weighted by Gasteiger charge is 2.27. The van der Waals surface area contributed by atoms with Crippen molar-refractivity contribution in [1.82, 2.24) is 20.1 Å². The maximum absolute atomic E-state index is 12.2. The van der Waals surface area contributed by atoms with Crippen LogP contribution >= 0.6 is 11.3 Å². The molecule has 1 aliphatic carbocycles. The van der Waals surface area contributed by atoms with Crippen LogP contribution in [0.5, 0.6) is 0 Å². The van der Waals surface area contributed by atoms with Gasteiger partial charge < -0.3 is 5.32 Å². The van der Waals surface area contributed by atoms with E-state index >= 15 is 0 Å². The van der Waals surface area contributed by atoms with Gasteiger partial charge in [0.2, 0.25) is 5.91 Å². The Morgan fingerprint density at radius 2 is 2.33 bits per heavy atom. The molecule has 0 aliphatic heterocycles. The predicted molar refractivity (Wildman–Crippen MR) is 82.3 cm³/mol. The van der Waals surface area contributed by atoms with Crippen molar-refractivity contribution in [2.45, 2.75) is 45.6 Å². The molecule has 0 saturated carbocycles. The standard InChI is InChI=1S/C15H20N4OS/c1-9-15-12(5-4-6-13(15)19(3)18-9)17-14(20)7-11-8-21-10(2)16-11/h8,12H,4-7H2,1-3H3,(H,17,20). The molecule has 1 aliphatic rings. The van der Waals surface area contributed by atoms with Gasteiger partial charge in [-0.05, 0) is 33.1 Å². The first kappa shape index (κ1) is 14.3. The molecule has 1 atom stereocenters. The van der Waals surface area contributed by atoms with Gasteiger partial charge in [-0.15, -0.1) is 11.3 Å². The molecule has 0 aromatic carbocycles. The molecule has 0 fully saturated rings. The molecule has 1 amide bonds. The van der Waals surface area contributed by atoms with Crippen molar-refractivity contribution >= 4 is 17.2 Å². The summed E-state index contributed by atoms with van der Waals surface area (Å²) in [4.78, 5) is 16.6. The minimum absolute atomic E-state index is 0.0430. The molecule has 6 heteroatoms. The fraction of sp³-hybridized carbons (Fsp3) is 0.533. The fourth-order valence-corrected chi connectivity index (χ4v) is 3.75. The van der Waals surface area contributed by atoms with Gasteiger partial charge in [-0.3, -0.25) is 9.48 Å². The van der Waals surface area contributed by atoms with Crippen LogP contribution in [0.4, 0.5) is 0 Å². The Morgan fingerprint density at radius 1 is 1.52 bits per heavy atom. The van der Waals surface area contributed by atoms with Crippen LogP contribution in [0.1, 0.15) is 46.5 Å². The van der Waals surface area contributed by atoms with Crippen LogP contribution in [0.2, 0.25) is 0 Å². The van der Waals surface area contributed by atoms with Crippen LogP contribution in [0.25, 0.3) is 0 Å². The van der Waals surface area contributed by atoms with Crippen LogP contribution < -0.4 is 5.32 Å². The lowest BCUT2D eigenvalue weighted by atomic mass is 9.91. The van der Waals surface area contributed by atoms with Gasteiger partial charge in [0.15, 0.2) is 0 Å². The highest BCUT2D eigenvalue weighted by molar-refractivity contribution is 7.09. The summed E-state index contributed by atoms with van der Waals surface area (Å²) in [5.74, 6) is 0.0430. The molecule has 2 aromatic heterocycles. The van der Waals surface area contributed by atoms with Gasteiger partial charge in [0.1, 0.15) is 0 Å². The van der Waals surface area contributed by atoms with Crippen molar-refractivity contribution in [3.63, 3.8) is 0 Å². The largest absolute Gasteiger partial charge is 0.349 e. The number of carbonyl (C=O) groups is 1. The van der Waals surface area contributed by atoms with Gasteiger partial charge in [-0.2, -0.15) is 5.10 Å². The summed E-state index contributed by atoms with van der Waals surface area (Å²) in [5.41, 5.74) is 4.36. The molecule has 1 N–H and O–H groups in total. The monoisotopic (exact) mass is 304 g/mol. The van der Waals surface area contributed by atoms with E-state index in [1.165, 1.54) is 11.3 Å². The third kappa shape index (κ3) is 2.85. The molecule has 0 bridgehead atoms. The van der Waals surface area contributed by atoms with E-state index in [4.69, 9.17) is 0 Å². The Labute approximate surface area is 128 Å². The first-order chi connectivity index (χ1) is 10.0. The Kier molecular flexibility index (Phi) is 3.80. The number of carbonyl (C=O) groups excluding carboxylic acids is 1. The zero-order chi connectivity index (χ0) is 15.0. The van der Waals surface area contributed by atoms with Gasteiger partial charge in [-0.1, -0.05) is 0 Å². The average Bonchev–Trinajstić information content (AvgIpc) is 2.95. The quantitative estimate of drug-likeness (QED) is 0.946. The van der Waals surface area contributed by atoms with Gasteiger partial charge in [0.25, 0.3) is 0 Å². The lowest BCUT2D eigenvalue weighted by Crippen LogP contribution is -2.32. The number of thiazole rings is 1. The number of aryl methyl sites for hydroxylation is 3. The number of fused-ring (bicyclic) bond motifs is 1. The van der Waals surface area contributed by atoms with Gasteiger partial charge in [0.05, 0.1) is 28.9 Å². The highest BCUT2D eigenvalue weighted by Crippen LogP contribution is 2.31. The number of aromatic nitrogens is 3. The third-order valence-corrected chi connectivity index (χ3v) is 4.81. The van der Waals surface area contributed by atoms with E-state index in [-0.39, 0.29) is 11.9 Å². The van der Waals surface area contributed by atoms with Gasteiger partial charge in [-0.25, -0.2) is 4.98 Å². The summed E-state index contributed by atoms with van der Waals surface area (Å²) in [6, 6.07) is 0.0923. The SMILES string of the molecule is Cc1nc(CC(=O)NC2CCCc3c2c(C)nn3C)cs1. The summed E-state index contributed by atoms with van der Waals surface area (Å²) in [5, 5.41) is 10.6. The first-order valence-corrected chi connectivity index (χ1v) is 8.15. The van der Waals surface area contributed by atoms with Crippen molar-refractivity contribution in [3.05, 3.63) is 33.0 Å². The first-order valence-electron chi connectivity index (χ1n) is 7.27. The number of rotatable bonds is 3. The lowest BCUT2D eigenvalue weighted by molar-refractivity contribution is -0.121. The Morgan fingerprint density at radius 3 is 3.05 bits per heavy atom. The van der Waals surface area contributed by atoms with E-state index < -0.39 is 0 Å². The van der Waals surface area contributed by atoms with E-state index in [9.17, 15) is 4.79 Å². The second-order valence-corrected chi connectivity index (χ2v) is 6.68. The van der Waals surface area contributed by atoms with E-state index in [1.54, 1.807) is 11.3 Å². The zero-order valence-electron chi connectivity index (χ0n) is 12.6. The molecule has 0 radical (unpaired) electrons. The molecule has 1 unspecified atom stereocenters. The van der Waals surface area contributed by atoms with Crippen molar-refractivity contribution < 1.29 is 4.79 Å². The summed E-state index contributed by atoms with van der Waals surface area (Å²) in [6.45, 7) is 3.98. The maximum atomic E-state index is 12.2. The van der Waals surface area contributed by atoms with Crippen LogP contribution in [-0.2, 0) is 24.7 Å². The van der Waals surface area contributed by atoms with Crippen molar-refractivity contribution in [2.24, 2.45) is 7.05 Å². The minimum Gasteiger partial charge on any atom is -0.349 e. The highest BCUT2D eigenvalue weighted by atomic mass is 32.1. The third-order valence-electron chi connectivity index (χ3n) is 3.99. The van der Waals surface area contributed by atoms with Gasteiger partial charge in [0, 0.05) is 23.7 Å². The number of nitrogens with zero attached hydrogens (tertiary/aromatic N) is 3. The Balaban J connectivity index is 1.73. The normalized spacial score (nSPS) is 17.6. The molecular weight excluding hydrogens is 284 g/mol. The van der Waals surface area contributed by atoms with Crippen molar-refractivity contribution in [1.29, 1.82) is 0 Å². The van der Waals surface area contributed by atoms with Crippen LogP contribution in [0.3, 0.4) is 0 Å². The second-order valence-electron chi connectivity index (χ2n) is 5.62. The van der Waals surface area contributed by atoms with Crippen LogP contribution in [0, 0.1) is 13.8 Å². The Hall–Kier alpha value is -1.69. The number of hydrogen-bond acceptors (Lipinski definition) is 4. The van der Waals surface area contributed by atoms with E-state index in [2.05, 4.69) is 15.4 Å². The Bertz CT molecular complexity index is 673. The lowest BCUT2D eigenvalue weighted by Gasteiger charge is -2.24. The average molecular weight is 304 g/mol. The van der Waals surface area contributed by atoms with E-state index in [1.807, 2.05) is 31.0 Å². The smallest absolute Gasteiger partial charge is 0.226 e. The predicted octanol–water partition coefficient (Wildman–Crippen LogP) is 2.23. The molecule has 0 saturated heterocycles. The van der Waals surface area contributed by atoms with Gasteiger partial charge >= 0.3 is 0 Å². The molecular formula is C15H20N4OS. The number of hydrogen-bond donors (Lipinski definition) is 1. The van der Waals surface area contributed by atoms with Crippen molar-refractivity contribution in [2.75, 3.05) is 0 Å². The summed E-state index contributed by atoms with van der Waals surface area (Å²) >= 11 is 1.58. The van der Waals surface area contributed by atoms with E-state index in [0.29, 0.717) is 6.42 Å². The topological polar surface area (TPSA) is 59.8 Å². The number of amides is 1. The molecule has 21 heavy (non-hydrogen) atoms. The summed E-state index contributed by atoms with van der Waals surface area (Å²) < 4.78 is 1.95.